The van der Waals surface area contributed by atoms with E-state index in [-0.39, 0.29) is 5.92 Å². The maximum Gasteiger partial charge on any atom is 0.230 e. The molecule has 1 amide bonds. The van der Waals surface area contributed by atoms with Crippen molar-refractivity contribution in [1.29, 1.82) is 0 Å². The number of rotatable bonds is 6. The average molecular weight is 369 g/mol. The molecule has 1 aliphatic carbocycles. The predicted molar refractivity (Wildman–Crippen MR) is 107 cm³/mol. The van der Waals surface area contributed by atoms with Crippen molar-refractivity contribution in [2.45, 2.75) is 51.1 Å². The lowest BCUT2D eigenvalue weighted by molar-refractivity contribution is -0.134. The number of amides is 1. The largest absolute Gasteiger partial charge is 0.334 e. The van der Waals surface area contributed by atoms with E-state index in [1.54, 1.807) is 11.3 Å². The van der Waals surface area contributed by atoms with E-state index in [9.17, 15) is 4.79 Å². The molecule has 2 unspecified atom stereocenters. The SMILES string of the molecule is CCC(C(=O)N(Cc1ccsc1)C1CC12CCNCC2)c1ccccc1. The zero-order valence-corrected chi connectivity index (χ0v) is 16.3. The third kappa shape index (κ3) is 3.45. The van der Waals surface area contributed by atoms with Crippen LogP contribution in [0.5, 0.6) is 0 Å². The minimum Gasteiger partial charge on any atom is -0.334 e. The molecule has 2 aromatic rings. The summed E-state index contributed by atoms with van der Waals surface area (Å²) in [6.45, 7) is 5.07. The number of hydrogen-bond donors (Lipinski definition) is 1. The van der Waals surface area contributed by atoms with Crippen molar-refractivity contribution in [3.63, 3.8) is 0 Å². The van der Waals surface area contributed by atoms with Crippen LogP contribution in [0, 0.1) is 5.41 Å². The molecule has 1 saturated heterocycles. The van der Waals surface area contributed by atoms with Gasteiger partial charge < -0.3 is 10.2 Å². The van der Waals surface area contributed by atoms with Gasteiger partial charge in [0.15, 0.2) is 0 Å². The molecular formula is C22H28N2OS. The summed E-state index contributed by atoms with van der Waals surface area (Å²) in [4.78, 5) is 15.8. The third-order valence-electron chi connectivity index (χ3n) is 6.25. The highest BCUT2D eigenvalue weighted by molar-refractivity contribution is 7.07. The van der Waals surface area contributed by atoms with Crippen LogP contribution >= 0.6 is 11.3 Å². The predicted octanol–water partition coefficient (Wildman–Crippen LogP) is 4.41. The second-order valence-electron chi connectivity index (χ2n) is 7.80. The van der Waals surface area contributed by atoms with E-state index in [2.05, 4.69) is 46.1 Å². The van der Waals surface area contributed by atoms with Crippen molar-refractivity contribution in [2.24, 2.45) is 5.41 Å². The number of nitrogens with zero attached hydrogens (tertiary/aromatic N) is 1. The maximum absolute atomic E-state index is 13.6. The molecule has 1 saturated carbocycles. The van der Waals surface area contributed by atoms with Crippen molar-refractivity contribution < 1.29 is 4.79 Å². The maximum atomic E-state index is 13.6. The third-order valence-corrected chi connectivity index (χ3v) is 6.98. The fourth-order valence-corrected chi connectivity index (χ4v) is 5.25. The van der Waals surface area contributed by atoms with Gasteiger partial charge in [-0.25, -0.2) is 0 Å². The summed E-state index contributed by atoms with van der Waals surface area (Å²) < 4.78 is 0. The molecule has 0 bridgehead atoms. The second-order valence-corrected chi connectivity index (χ2v) is 8.58. The highest BCUT2D eigenvalue weighted by Gasteiger charge is 2.58. The number of carbonyl (C=O) groups excluding carboxylic acids is 1. The highest BCUT2D eigenvalue weighted by atomic mass is 32.1. The molecule has 138 valence electrons. The molecule has 2 heterocycles. The van der Waals surface area contributed by atoms with Crippen molar-refractivity contribution >= 4 is 17.2 Å². The number of nitrogens with one attached hydrogen (secondary N) is 1. The molecule has 26 heavy (non-hydrogen) atoms. The van der Waals surface area contributed by atoms with Gasteiger partial charge in [-0.15, -0.1) is 0 Å². The number of piperidine rings is 1. The summed E-state index contributed by atoms with van der Waals surface area (Å²) >= 11 is 1.72. The lowest BCUT2D eigenvalue weighted by Crippen LogP contribution is -2.41. The molecule has 2 atom stereocenters. The Morgan fingerprint density at radius 2 is 2.04 bits per heavy atom. The molecule has 0 radical (unpaired) electrons. The topological polar surface area (TPSA) is 32.3 Å². The zero-order chi connectivity index (χ0) is 18.0. The molecule has 1 spiro atoms. The molecule has 2 aliphatic rings. The summed E-state index contributed by atoms with van der Waals surface area (Å²) in [5, 5.41) is 7.77. The Bertz CT molecular complexity index is 722. The highest BCUT2D eigenvalue weighted by Crippen LogP contribution is 2.56. The summed E-state index contributed by atoms with van der Waals surface area (Å²) in [6.07, 6.45) is 4.43. The van der Waals surface area contributed by atoms with Crippen LogP contribution in [0.25, 0.3) is 0 Å². The number of carbonyl (C=O) groups is 1. The van der Waals surface area contributed by atoms with Crippen LogP contribution in [0.15, 0.2) is 47.2 Å². The number of hydrogen-bond acceptors (Lipinski definition) is 3. The van der Waals surface area contributed by atoms with E-state index < -0.39 is 0 Å². The standard InChI is InChI=1S/C22H28N2OS/c1-2-19(18-6-4-3-5-7-18)21(25)24(15-17-8-13-26-16-17)20-14-22(20)9-11-23-12-10-22/h3-8,13,16,19-20,23H,2,9-12,14-15H2,1H3. The summed E-state index contributed by atoms with van der Waals surface area (Å²) in [6, 6.07) is 12.9. The van der Waals surface area contributed by atoms with Gasteiger partial charge >= 0.3 is 0 Å². The number of benzene rings is 1. The smallest absolute Gasteiger partial charge is 0.230 e. The first-order valence-corrected chi connectivity index (χ1v) is 10.7. The molecule has 4 rings (SSSR count). The lowest BCUT2D eigenvalue weighted by atomic mass is 9.91. The van der Waals surface area contributed by atoms with Crippen molar-refractivity contribution in [2.75, 3.05) is 13.1 Å². The number of thiophene rings is 1. The molecule has 3 nitrogen and oxygen atoms in total. The Kier molecular flexibility index (Phi) is 5.14. The monoisotopic (exact) mass is 368 g/mol. The normalized spacial score (nSPS) is 22.1. The second kappa shape index (κ2) is 7.53. The van der Waals surface area contributed by atoms with Crippen LogP contribution < -0.4 is 5.32 Å². The molecule has 1 aromatic heterocycles. The van der Waals surface area contributed by atoms with E-state index in [0.29, 0.717) is 17.4 Å². The fourth-order valence-electron chi connectivity index (χ4n) is 4.59. The van der Waals surface area contributed by atoms with E-state index in [1.165, 1.54) is 24.8 Å². The quantitative estimate of drug-likeness (QED) is 0.819. The Balaban J connectivity index is 1.59. The van der Waals surface area contributed by atoms with Crippen LogP contribution in [0.1, 0.15) is 49.7 Å². The summed E-state index contributed by atoms with van der Waals surface area (Å²) in [5.41, 5.74) is 2.78. The summed E-state index contributed by atoms with van der Waals surface area (Å²) in [5.74, 6) is 0.277. The van der Waals surface area contributed by atoms with E-state index >= 15 is 0 Å². The zero-order valence-electron chi connectivity index (χ0n) is 15.5. The van der Waals surface area contributed by atoms with Gasteiger partial charge in [-0.2, -0.15) is 11.3 Å². The van der Waals surface area contributed by atoms with Crippen LogP contribution in [-0.2, 0) is 11.3 Å². The Morgan fingerprint density at radius 1 is 1.27 bits per heavy atom. The van der Waals surface area contributed by atoms with Crippen molar-refractivity contribution in [3.05, 3.63) is 58.3 Å². The first kappa shape index (κ1) is 17.7. The molecule has 1 N–H and O–H groups in total. The Labute approximate surface area is 160 Å². The van der Waals surface area contributed by atoms with Gasteiger partial charge in [-0.3, -0.25) is 4.79 Å². The summed E-state index contributed by atoms with van der Waals surface area (Å²) in [7, 11) is 0. The van der Waals surface area contributed by atoms with E-state index in [1.807, 2.05) is 18.2 Å². The van der Waals surface area contributed by atoms with Gasteiger partial charge in [0.05, 0.1) is 5.92 Å². The average Bonchev–Trinajstić information content (AvgIpc) is 3.11. The lowest BCUT2D eigenvalue weighted by Gasteiger charge is -2.32. The van der Waals surface area contributed by atoms with Gasteiger partial charge in [0.25, 0.3) is 0 Å². The van der Waals surface area contributed by atoms with Crippen LogP contribution in [-0.4, -0.2) is 29.9 Å². The molecule has 4 heteroatoms. The first-order chi connectivity index (χ1) is 12.7. The Hall–Kier alpha value is -1.65. The minimum atomic E-state index is -0.0331. The van der Waals surface area contributed by atoms with Gasteiger partial charge in [-0.05, 0) is 72.1 Å². The van der Waals surface area contributed by atoms with E-state index in [4.69, 9.17) is 0 Å². The Morgan fingerprint density at radius 3 is 2.69 bits per heavy atom. The van der Waals surface area contributed by atoms with Crippen LogP contribution in [0.4, 0.5) is 0 Å². The van der Waals surface area contributed by atoms with E-state index in [0.717, 1.165) is 31.6 Å². The minimum absolute atomic E-state index is 0.0331. The first-order valence-electron chi connectivity index (χ1n) is 9.81. The van der Waals surface area contributed by atoms with Gasteiger partial charge in [0.2, 0.25) is 5.91 Å². The molecule has 1 aliphatic heterocycles. The fraction of sp³-hybridized carbons (Fsp3) is 0.500. The van der Waals surface area contributed by atoms with Crippen LogP contribution in [0.2, 0.25) is 0 Å². The van der Waals surface area contributed by atoms with Crippen molar-refractivity contribution in [3.8, 4) is 0 Å². The van der Waals surface area contributed by atoms with Gasteiger partial charge in [0, 0.05) is 12.6 Å². The van der Waals surface area contributed by atoms with Gasteiger partial charge in [0.1, 0.15) is 0 Å². The van der Waals surface area contributed by atoms with Crippen molar-refractivity contribution in [1.82, 2.24) is 10.2 Å². The van der Waals surface area contributed by atoms with Gasteiger partial charge in [-0.1, -0.05) is 37.3 Å². The molecular weight excluding hydrogens is 340 g/mol. The molecule has 2 fully saturated rings. The van der Waals surface area contributed by atoms with Crippen LogP contribution in [0.3, 0.4) is 0 Å². The molecule has 1 aromatic carbocycles.